The van der Waals surface area contributed by atoms with Crippen molar-refractivity contribution >= 4 is 17.7 Å². The quantitative estimate of drug-likeness (QED) is 0.349. The minimum absolute atomic E-state index is 0.0721. The number of thioether (sulfide) groups is 1. The van der Waals surface area contributed by atoms with Crippen LogP contribution in [0.2, 0.25) is 0 Å². The second-order valence-electron chi connectivity index (χ2n) is 7.91. The molecule has 0 bridgehead atoms. The van der Waals surface area contributed by atoms with Gasteiger partial charge in [-0.1, -0.05) is 18.2 Å². The Labute approximate surface area is 199 Å². The number of nitrogens with zero attached hydrogens (tertiary/aromatic N) is 3. The summed E-state index contributed by atoms with van der Waals surface area (Å²) in [7, 11) is 4.04. The number of carbonyl (C=O) groups excluding carboxylic acids is 1. The lowest BCUT2D eigenvalue weighted by Crippen LogP contribution is -2.27. The summed E-state index contributed by atoms with van der Waals surface area (Å²) in [6.45, 7) is 2.32. The van der Waals surface area contributed by atoms with Crippen LogP contribution in [0.3, 0.4) is 0 Å². The number of unbranched alkanes of at least 4 members (excludes halogenated alkanes) is 1. The fourth-order valence-corrected chi connectivity index (χ4v) is 3.91. The molecule has 0 fully saturated rings. The monoisotopic (exact) mass is 468 g/mol. The molecule has 0 saturated heterocycles. The van der Waals surface area contributed by atoms with E-state index in [0.717, 1.165) is 49.5 Å². The molecule has 176 valence electrons. The molecule has 1 amide bonds. The molecule has 0 saturated carbocycles. The molecule has 33 heavy (non-hydrogen) atoms. The van der Waals surface area contributed by atoms with Gasteiger partial charge >= 0.3 is 0 Å². The number of amides is 1. The minimum atomic E-state index is -0.0721. The average molecular weight is 469 g/mol. The maximum absolute atomic E-state index is 12.2. The number of carbonyl (C=O) groups is 1. The van der Waals surface area contributed by atoms with Gasteiger partial charge in [0.05, 0.1) is 12.4 Å². The Bertz CT molecular complexity index is 961. The van der Waals surface area contributed by atoms with Gasteiger partial charge in [-0.05, 0) is 82.1 Å². The lowest BCUT2D eigenvalue weighted by Gasteiger charge is -2.10. The first-order chi connectivity index (χ1) is 16.1. The van der Waals surface area contributed by atoms with E-state index in [4.69, 9.17) is 9.15 Å². The number of hydrogen-bond acceptors (Lipinski definition) is 7. The topological polar surface area (TPSA) is 80.5 Å². The van der Waals surface area contributed by atoms with Gasteiger partial charge in [-0.3, -0.25) is 4.79 Å². The molecular formula is C25H32N4O3S. The zero-order chi connectivity index (χ0) is 23.3. The van der Waals surface area contributed by atoms with E-state index in [9.17, 15) is 4.79 Å². The zero-order valence-electron chi connectivity index (χ0n) is 19.3. The van der Waals surface area contributed by atoms with Crippen LogP contribution in [-0.2, 0) is 5.75 Å². The molecule has 7 nitrogen and oxygen atoms in total. The summed E-state index contributed by atoms with van der Waals surface area (Å²) in [5.74, 6) is 3.61. The molecule has 0 atom stereocenters. The number of para-hydroxylation sites is 1. The molecule has 2 aromatic carbocycles. The summed E-state index contributed by atoms with van der Waals surface area (Å²) < 4.78 is 11.5. The van der Waals surface area contributed by atoms with Crippen LogP contribution < -0.4 is 10.1 Å². The van der Waals surface area contributed by atoms with Gasteiger partial charge in [0.25, 0.3) is 5.91 Å². The number of benzene rings is 2. The van der Waals surface area contributed by atoms with E-state index >= 15 is 0 Å². The highest BCUT2D eigenvalue weighted by Crippen LogP contribution is 2.21. The van der Waals surface area contributed by atoms with Crippen LogP contribution in [-0.4, -0.2) is 60.5 Å². The van der Waals surface area contributed by atoms with Gasteiger partial charge in [-0.2, -0.15) is 11.8 Å². The Morgan fingerprint density at radius 3 is 2.58 bits per heavy atom. The van der Waals surface area contributed by atoms with E-state index < -0.39 is 0 Å². The van der Waals surface area contributed by atoms with Crippen molar-refractivity contribution in [1.29, 1.82) is 0 Å². The van der Waals surface area contributed by atoms with Crippen LogP contribution >= 0.6 is 11.8 Å². The van der Waals surface area contributed by atoms with Gasteiger partial charge in [-0.15, -0.1) is 10.2 Å². The number of aromatic nitrogens is 2. The van der Waals surface area contributed by atoms with Gasteiger partial charge in [-0.25, -0.2) is 0 Å². The average Bonchev–Trinajstić information content (AvgIpc) is 3.31. The summed E-state index contributed by atoms with van der Waals surface area (Å²) in [4.78, 5) is 14.3. The Hall–Kier alpha value is -2.84. The smallest absolute Gasteiger partial charge is 0.251 e. The van der Waals surface area contributed by atoms with E-state index in [1.54, 1.807) is 23.9 Å². The van der Waals surface area contributed by atoms with E-state index in [0.29, 0.717) is 29.6 Å². The summed E-state index contributed by atoms with van der Waals surface area (Å²) >= 11 is 1.77. The van der Waals surface area contributed by atoms with E-state index in [1.165, 1.54) is 0 Å². The molecule has 0 spiro atoms. The second-order valence-corrected chi connectivity index (χ2v) is 9.02. The third kappa shape index (κ3) is 8.90. The predicted molar refractivity (Wildman–Crippen MR) is 133 cm³/mol. The van der Waals surface area contributed by atoms with E-state index in [-0.39, 0.29) is 5.91 Å². The number of hydrogen-bond donors (Lipinski definition) is 1. The highest BCUT2D eigenvalue weighted by atomic mass is 32.2. The summed E-state index contributed by atoms with van der Waals surface area (Å²) in [6.07, 6.45) is 2.99. The number of rotatable bonds is 14. The minimum Gasteiger partial charge on any atom is -0.494 e. The fourth-order valence-electron chi connectivity index (χ4n) is 3.06. The highest BCUT2D eigenvalue weighted by Gasteiger charge is 2.10. The lowest BCUT2D eigenvalue weighted by molar-refractivity contribution is 0.0952. The summed E-state index contributed by atoms with van der Waals surface area (Å²) in [5, 5.41) is 11.2. The maximum Gasteiger partial charge on any atom is 0.251 e. The second kappa shape index (κ2) is 13.6. The molecular weight excluding hydrogens is 436 g/mol. The molecule has 1 aromatic heterocycles. The molecule has 1 heterocycles. The van der Waals surface area contributed by atoms with Crippen LogP contribution in [0.4, 0.5) is 0 Å². The number of ether oxygens (including phenoxy) is 1. The third-order valence-electron chi connectivity index (χ3n) is 4.85. The Balaban J connectivity index is 1.34. The molecule has 3 aromatic rings. The van der Waals surface area contributed by atoms with Crippen molar-refractivity contribution in [2.75, 3.05) is 39.5 Å². The molecule has 0 radical (unpaired) electrons. The molecule has 0 aliphatic rings. The van der Waals surface area contributed by atoms with Gasteiger partial charge < -0.3 is 19.4 Å². The standard InChI is InChI=1S/C25H32N4O3S/c1-29(2)16-8-15-26-24(30)20-11-13-21(14-12-20)25-28-27-23(32-25)19-33-18-7-6-17-31-22-9-4-3-5-10-22/h3-5,9-14H,6-8,15-19H2,1-2H3,(H,26,30). The fraction of sp³-hybridized carbons (Fsp3) is 0.400. The highest BCUT2D eigenvalue weighted by molar-refractivity contribution is 7.98. The van der Waals surface area contributed by atoms with Gasteiger partial charge in [0, 0.05) is 17.7 Å². The van der Waals surface area contributed by atoms with Gasteiger partial charge in [0.2, 0.25) is 11.8 Å². The van der Waals surface area contributed by atoms with E-state index in [1.807, 2.05) is 56.6 Å². The largest absolute Gasteiger partial charge is 0.494 e. The third-order valence-corrected chi connectivity index (χ3v) is 5.88. The SMILES string of the molecule is CN(C)CCCNC(=O)c1ccc(-c2nnc(CSCCCCOc3ccccc3)o2)cc1. The van der Waals surface area contributed by atoms with Crippen LogP contribution in [0.25, 0.3) is 11.5 Å². The first kappa shape index (κ1) is 24.8. The predicted octanol–water partition coefficient (Wildman–Crippen LogP) is 4.51. The molecule has 0 aliphatic heterocycles. The first-order valence-corrected chi connectivity index (χ1v) is 12.4. The number of nitrogens with one attached hydrogen (secondary N) is 1. The van der Waals surface area contributed by atoms with Crippen LogP contribution in [0, 0.1) is 0 Å². The Kier molecular flexibility index (Phi) is 10.3. The molecule has 1 N–H and O–H groups in total. The molecule has 8 heteroatoms. The summed E-state index contributed by atoms with van der Waals surface area (Å²) in [6, 6.07) is 17.1. The van der Waals surface area contributed by atoms with Crippen molar-refractivity contribution in [3.8, 4) is 17.2 Å². The zero-order valence-corrected chi connectivity index (χ0v) is 20.1. The molecule has 0 aliphatic carbocycles. The van der Waals surface area contributed by atoms with Crippen LogP contribution in [0.5, 0.6) is 5.75 Å². The maximum atomic E-state index is 12.2. The van der Waals surface area contributed by atoms with Gasteiger partial charge in [0.1, 0.15) is 5.75 Å². The van der Waals surface area contributed by atoms with Crippen molar-refractivity contribution in [3.05, 3.63) is 66.1 Å². The van der Waals surface area contributed by atoms with Crippen LogP contribution in [0.15, 0.2) is 59.0 Å². The first-order valence-electron chi connectivity index (χ1n) is 11.2. The Morgan fingerprint density at radius 2 is 1.82 bits per heavy atom. The lowest BCUT2D eigenvalue weighted by atomic mass is 10.1. The van der Waals surface area contributed by atoms with Crippen LogP contribution in [0.1, 0.15) is 35.5 Å². The summed E-state index contributed by atoms with van der Waals surface area (Å²) in [5.41, 5.74) is 1.43. The molecule has 3 rings (SSSR count). The van der Waals surface area contributed by atoms with Crippen molar-refractivity contribution in [2.24, 2.45) is 0 Å². The van der Waals surface area contributed by atoms with Crippen molar-refractivity contribution in [2.45, 2.75) is 25.0 Å². The Morgan fingerprint density at radius 1 is 1.03 bits per heavy atom. The van der Waals surface area contributed by atoms with E-state index in [2.05, 4.69) is 20.4 Å². The van der Waals surface area contributed by atoms with Crippen molar-refractivity contribution < 1.29 is 13.9 Å². The van der Waals surface area contributed by atoms with Crippen molar-refractivity contribution in [3.63, 3.8) is 0 Å². The normalized spacial score (nSPS) is 11.0. The molecule has 0 unspecified atom stereocenters. The van der Waals surface area contributed by atoms with Crippen molar-refractivity contribution in [1.82, 2.24) is 20.4 Å². The van der Waals surface area contributed by atoms with Gasteiger partial charge in [0.15, 0.2) is 0 Å².